The molecule has 0 aliphatic carbocycles. The van der Waals surface area contributed by atoms with E-state index in [9.17, 15) is 0 Å². The van der Waals surface area contributed by atoms with E-state index in [1.54, 1.807) is 0 Å². The molecule has 0 spiro atoms. The molecule has 61 heavy (non-hydrogen) atoms. The molecule has 0 saturated heterocycles. The van der Waals surface area contributed by atoms with Crippen molar-refractivity contribution in [2.75, 3.05) is 0 Å². The van der Waals surface area contributed by atoms with E-state index >= 15 is 0 Å². The number of nitrogens with zero attached hydrogens (tertiary/aromatic N) is 2. The summed E-state index contributed by atoms with van der Waals surface area (Å²) in [4.78, 5) is 4.94. The largest absolute Gasteiger partial charge is 0.309 e. The zero-order chi connectivity index (χ0) is 40.7. The van der Waals surface area contributed by atoms with Crippen LogP contribution >= 0.6 is 0 Å². The fraction of sp³-hybridized carbons (Fsp3) is 0. The first-order valence-corrected chi connectivity index (χ1v) is 20.7. The maximum atomic E-state index is 8.98. The lowest BCUT2D eigenvalue weighted by Gasteiger charge is -2.14. The van der Waals surface area contributed by atoms with Gasteiger partial charge in [0.25, 0.3) is 0 Å². The molecule has 0 bridgehead atoms. The molecular formula is C58H39N3. The highest BCUT2D eigenvalue weighted by atomic mass is 15.0. The first-order valence-electron chi connectivity index (χ1n) is 20.7. The number of aliphatic imine (C=N–C) groups is 1. The van der Waals surface area contributed by atoms with Gasteiger partial charge in [0.2, 0.25) is 0 Å². The van der Waals surface area contributed by atoms with Crippen molar-refractivity contribution in [2.45, 2.75) is 0 Å². The zero-order valence-corrected chi connectivity index (χ0v) is 33.3. The third-order valence-electron chi connectivity index (χ3n) is 11.9. The second-order valence-electron chi connectivity index (χ2n) is 15.5. The smallest absolute Gasteiger partial charge is 0.152 e. The summed E-state index contributed by atoms with van der Waals surface area (Å²) in [6, 6.07) is 77.2. The number of hydrogen-bond acceptors (Lipinski definition) is 1. The van der Waals surface area contributed by atoms with Gasteiger partial charge in [-0.3, -0.25) is 5.41 Å². The van der Waals surface area contributed by atoms with E-state index in [2.05, 4.69) is 193 Å². The lowest BCUT2D eigenvalue weighted by Crippen LogP contribution is -2.04. The van der Waals surface area contributed by atoms with Gasteiger partial charge < -0.3 is 4.57 Å². The molecule has 0 amide bonds. The number of hydrogen-bond donors (Lipinski definition) is 1. The number of allylic oxidation sites excluding steroid dienone is 1. The second-order valence-corrected chi connectivity index (χ2v) is 15.5. The minimum Gasteiger partial charge on any atom is -0.309 e. The molecule has 0 fully saturated rings. The van der Waals surface area contributed by atoms with Crippen LogP contribution in [-0.4, -0.2) is 16.1 Å². The van der Waals surface area contributed by atoms with Crippen LogP contribution in [0.2, 0.25) is 0 Å². The van der Waals surface area contributed by atoms with Crippen molar-refractivity contribution in [3.8, 4) is 27.9 Å². The molecule has 0 saturated carbocycles. The van der Waals surface area contributed by atoms with Crippen LogP contribution in [0.25, 0.3) is 88.1 Å². The molecule has 1 aromatic heterocycles. The number of fused-ring (bicyclic) bond motifs is 7. The van der Waals surface area contributed by atoms with Gasteiger partial charge in [-0.15, -0.1) is 0 Å². The number of rotatable bonds is 7. The molecule has 0 radical (unpaired) electrons. The number of aromatic nitrogens is 1. The van der Waals surface area contributed by atoms with Crippen LogP contribution in [0.1, 0.15) is 16.7 Å². The average molecular weight is 778 g/mol. The van der Waals surface area contributed by atoms with Crippen molar-refractivity contribution in [3.63, 3.8) is 0 Å². The third kappa shape index (κ3) is 6.59. The summed E-state index contributed by atoms with van der Waals surface area (Å²) in [5.74, 6) is 0.218. The van der Waals surface area contributed by atoms with Crippen LogP contribution < -0.4 is 0 Å². The van der Waals surface area contributed by atoms with E-state index < -0.39 is 0 Å². The molecular weight excluding hydrogens is 739 g/mol. The van der Waals surface area contributed by atoms with Crippen LogP contribution in [0.3, 0.4) is 0 Å². The van der Waals surface area contributed by atoms with Gasteiger partial charge >= 0.3 is 0 Å². The van der Waals surface area contributed by atoms with Crippen LogP contribution in [0, 0.1) is 5.41 Å². The van der Waals surface area contributed by atoms with Gasteiger partial charge in [0.05, 0.1) is 16.7 Å². The molecule has 286 valence electrons. The first kappa shape index (κ1) is 36.0. The Morgan fingerprint density at radius 2 is 1.02 bits per heavy atom. The minimum absolute atomic E-state index is 0.218. The monoisotopic (exact) mass is 777 g/mol. The molecule has 11 aromatic rings. The van der Waals surface area contributed by atoms with E-state index in [0.29, 0.717) is 0 Å². The molecule has 0 aliphatic rings. The highest BCUT2D eigenvalue weighted by molar-refractivity contribution is 6.21. The van der Waals surface area contributed by atoms with E-state index in [0.717, 1.165) is 55.6 Å². The van der Waals surface area contributed by atoms with Gasteiger partial charge in [-0.25, -0.2) is 4.99 Å². The van der Waals surface area contributed by atoms with Crippen LogP contribution in [0.4, 0.5) is 0 Å². The molecule has 11 rings (SSSR count). The molecule has 1 heterocycles. The Labute approximate surface area is 354 Å². The van der Waals surface area contributed by atoms with Gasteiger partial charge in [-0.05, 0) is 103 Å². The summed E-state index contributed by atoms with van der Waals surface area (Å²) < 4.78 is 2.31. The maximum absolute atomic E-state index is 8.98. The topological polar surface area (TPSA) is 41.1 Å². The Balaban J connectivity index is 0.931. The SMILES string of the molecule is N=C(N=C(/C=C/c1ccc(-c2ccc(-c3c4ccccc4cc4c3ccc3ccccc34)cc2)cc1)c1ccc2c(c1)c1ccccc1n2-c1ccccc1)c1ccccc1. The fourth-order valence-electron chi connectivity index (χ4n) is 8.89. The molecule has 3 nitrogen and oxygen atoms in total. The number of para-hydroxylation sites is 2. The Morgan fingerprint density at radius 1 is 0.410 bits per heavy atom. The number of nitrogens with one attached hydrogen (secondary N) is 1. The van der Waals surface area contributed by atoms with Gasteiger partial charge in [0, 0.05) is 27.6 Å². The number of amidine groups is 1. The van der Waals surface area contributed by atoms with Gasteiger partial charge in [0.15, 0.2) is 5.84 Å². The second kappa shape index (κ2) is 15.2. The fourth-order valence-corrected chi connectivity index (χ4v) is 8.89. The highest BCUT2D eigenvalue weighted by Crippen LogP contribution is 2.40. The summed E-state index contributed by atoms with van der Waals surface area (Å²) in [6.07, 6.45) is 4.13. The molecule has 0 unspecified atom stereocenters. The van der Waals surface area contributed by atoms with Crippen molar-refractivity contribution in [1.29, 1.82) is 5.41 Å². The lowest BCUT2D eigenvalue weighted by molar-refractivity contribution is 1.18. The number of benzene rings is 10. The van der Waals surface area contributed by atoms with Crippen molar-refractivity contribution < 1.29 is 0 Å². The predicted molar refractivity (Wildman–Crippen MR) is 259 cm³/mol. The average Bonchev–Trinajstić information content (AvgIpc) is 3.66. The van der Waals surface area contributed by atoms with Crippen molar-refractivity contribution in [3.05, 3.63) is 241 Å². The standard InChI is InChI=1S/C58H39N3/c59-58(44-14-3-1-4-15-44)60-54(46-33-36-56-53(38-46)50-21-11-12-22-55(50)61(56)47-17-5-2-6-18-47)35-25-39-23-26-40(27-24-39)41-28-30-43(31-29-41)57-49-20-10-8-16-45(49)37-52-48-19-9-7-13-42(48)32-34-51(52)57/h1-38,59H/b35-25+,59-58?,60-54?. The van der Waals surface area contributed by atoms with Crippen molar-refractivity contribution in [2.24, 2.45) is 4.99 Å². The molecule has 0 aliphatic heterocycles. The Hall–Kier alpha value is -8.14. The minimum atomic E-state index is 0.218. The summed E-state index contributed by atoms with van der Waals surface area (Å²) in [7, 11) is 0. The molecule has 0 atom stereocenters. The summed E-state index contributed by atoms with van der Waals surface area (Å²) in [5.41, 5.74) is 11.7. The molecule has 1 N–H and O–H groups in total. The van der Waals surface area contributed by atoms with Crippen molar-refractivity contribution >= 4 is 71.7 Å². The third-order valence-corrected chi connectivity index (χ3v) is 11.9. The highest BCUT2D eigenvalue weighted by Gasteiger charge is 2.15. The normalized spacial score (nSPS) is 12.0. The lowest BCUT2D eigenvalue weighted by atomic mass is 9.89. The van der Waals surface area contributed by atoms with E-state index in [1.165, 1.54) is 48.8 Å². The van der Waals surface area contributed by atoms with Gasteiger partial charge in [0.1, 0.15) is 0 Å². The van der Waals surface area contributed by atoms with Crippen LogP contribution in [0.5, 0.6) is 0 Å². The maximum Gasteiger partial charge on any atom is 0.152 e. The summed E-state index contributed by atoms with van der Waals surface area (Å²) in [6.45, 7) is 0. The first-order chi connectivity index (χ1) is 30.2. The zero-order valence-electron chi connectivity index (χ0n) is 33.3. The van der Waals surface area contributed by atoms with E-state index in [4.69, 9.17) is 10.4 Å². The van der Waals surface area contributed by atoms with Crippen molar-refractivity contribution in [1.82, 2.24) is 4.57 Å². The summed E-state index contributed by atoms with van der Waals surface area (Å²) in [5, 5.41) is 18.9. The summed E-state index contributed by atoms with van der Waals surface area (Å²) >= 11 is 0. The predicted octanol–water partition coefficient (Wildman–Crippen LogP) is 15.1. The van der Waals surface area contributed by atoms with Crippen LogP contribution in [-0.2, 0) is 0 Å². The quantitative estimate of drug-likeness (QED) is 0.0725. The molecule has 3 heteroatoms. The molecule has 10 aromatic carbocycles. The van der Waals surface area contributed by atoms with Gasteiger partial charge in [-0.1, -0.05) is 188 Å². The Morgan fingerprint density at radius 3 is 1.79 bits per heavy atom. The Kier molecular flexibility index (Phi) is 8.98. The van der Waals surface area contributed by atoms with E-state index in [1.807, 2.05) is 42.5 Å². The Bertz CT molecular complexity index is 3500. The van der Waals surface area contributed by atoms with Gasteiger partial charge in [-0.2, -0.15) is 0 Å². The van der Waals surface area contributed by atoms with Crippen LogP contribution in [0.15, 0.2) is 229 Å². The van der Waals surface area contributed by atoms with E-state index in [-0.39, 0.29) is 5.84 Å².